The Bertz CT molecular complexity index is 504. The number of rotatable bonds is 5. The molecule has 1 atom stereocenters. The van der Waals surface area contributed by atoms with E-state index in [4.69, 9.17) is 11.6 Å². The molecule has 0 aliphatic rings. The highest BCUT2D eigenvalue weighted by molar-refractivity contribution is 9.10. The third-order valence-electron chi connectivity index (χ3n) is 2.63. The minimum Gasteiger partial charge on any atom is -0.394 e. The van der Waals surface area contributed by atoms with Crippen molar-refractivity contribution in [1.29, 1.82) is 0 Å². The van der Waals surface area contributed by atoms with Crippen molar-refractivity contribution in [2.24, 2.45) is 0 Å². The molecule has 96 valence electrons. The van der Waals surface area contributed by atoms with E-state index in [-0.39, 0.29) is 12.6 Å². The minimum atomic E-state index is -0.0994. The number of nitrogens with one attached hydrogen (secondary N) is 1. The summed E-state index contributed by atoms with van der Waals surface area (Å²) in [6.45, 7) is 0.792. The van der Waals surface area contributed by atoms with E-state index in [0.717, 1.165) is 16.6 Å². The molecule has 1 aromatic heterocycles. The van der Waals surface area contributed by atoms with Crippen LogP contribution in [0.15, 0.2) is 40.2 Å². The predicted molar refractivity (Wildman–Crippen MR) is 80.1 cm³/mol. The first-order valence-corrected chi connectivity index (χ1v) is 7.57. The van der Waals surface area contributed by atoms with Crippen molar-refractivity contribution < 1.29 is 5.11 Å². The highest BCUT2D eigenvalue weighted by Gasteiger charge is 2.11. The Labute approximate surface area is 124 Å². The van der Waals surface area contributed by atoms with Gasteiger partial charge in [0.05, 0.1) is 17.7 Å². The molecule has 2 nitrogen and oxygen atoms in total. The van der Waals surface area contributed by atoms with E-state index in [1.807, 2.05) is 29.6 Å². The molecular formula is C13H13BrClNOS. The van der Waals surface area contributed by atoms with Gasteiger partial charge in [-0.2, -0.15) is 0 Å². The predicted octanol–water partition coefficient (Wildman–Crippen LogP) is 3.99. The summed E-state index contributed by atoms with van der Waals surface area (Å²) in [5.74, 6) is 0. The standard InChI is InChI=1S/C13H13BrClNOS/c14-11-4-3-9(6-12(11)15)13(8-17)16-7-10-2-1-5-18-10/h1-6,13,16-17H,7-8H2. The number of hydrogen-bond donors (Lipinski definition) is 2. The number of hydrogen-bond acceptors (Lipinski definition) is 3. The summed E-state index contributed by atoms with van der Waals surface area (Å²) < 4.78 is 0.864. The van der Waals surface area contributed by atoms with Crippen LogP contribution in [0.25, 0.3) is 0 Å². The van der Waals surface area contributed by atoms with Gasteiger partial charge in [0, 0.05) is 15.9 Å². The summed E-state index contributed by atoms with van der Waals surface area (Å²) in [5.41, 5.74) is 0.988. The lowest BCUT2D eigenvalue weighted by Crippen LogP contribution is -2.23. The Morgan fingerprint density at radius 3 is 2.83 bits per heavy atom. The van der Waals surface area contributed by atoms with E-state index < -0.39 is 0 Å². The van der Waals surface area contributed by atoms with E-state index in [1.54, 1.807) is 11.3 Å². The van der Waals surface area contributed by atoms with Crippen molar-refractivity contribution in [2.75, 3.05) is 6.61 Å². The summed E-state index contributed by atoms with van der Waals surface area (Å²) in [6.07, 6.45) is 0. The maximum atomic E-state index is 9.45. The molecule has 2 rings (SSSR count). The topological polar surface area (TPSA) is 32.3 Å². The minimum absolute atomic E-state index is 0.0450. The second kappa shape index (κ2) is 6.68. The summed E-state index contributed by atoms with van der Waals surface area (Å²) in [7, 11) is 0. The van der Waals surface area contributed by atoms with Gasteiger partial charge < -0.3 is 10.4 Å². The lowest BCUT2D eigenvalue weighted by Gasteiger charge is -2.16. The average Bonchev–Trinajstić information content (AvgIpc) is 2.87. The van der Waals surface area contributed by atoms with Crippen molar-refractivity contribution >= 4 is 38.9 Å². The van der Waals surface area contributed by atoms with E-state index in [2.05, 4.69) is 27.3 Å². The molecule has 0 fully saturated rings. The smallest absolute Gasteiger partial charge is 0.0626 e. The highest BCUT2D eigenvalue weighted by atomic mass is 79.9. The van der Waals surface area contributed by atoms with Gasteiger partial charge in [0.25, 0.3) is 0 Å². The average molecular weight is 347 g/mol. The van der Waals surface area contributed by atoms with E-state index in [1.165, 1.54) is 4.88 Å². The molecule has 0 bridgehead atoms. The van der Waals surface area contributed by atoms with E-state index in [0.29, 0.717) is 5.02 Å². The fourth-order valence-electron chi connectivity index (χ4n) is 1.65. The summed E-state index contributed by atoms with van der Waals surface area (Å²) in [4.78, 5) is 1.25. The van der Waals surface area contributed by atoms with Crippen LogP contribution in [0.4, 0.5) is 0 Å². The normalized spacial score (nSPS) is 12.6. The summed E-state index contributed by atoms with van der Waals surface area (Å²) in [5, 5.41) is 15.5. The molecule has 0 saturated carbocycles. The Balaban J connectivity index is 2.05. The zero-order chi connectivity index (χ0) is 13.0. The molecule has 0 spiro atoms. The van der Waals surface area contributed by atoms with Crippen LogP contribution in [-0.4, -0.2) is 11.7 Å². The van der Waals surface area contributed by atoms with E-state index >= 15 is 0 Å². The fraction of sp³-hybridized carbons (Fsp3) is 0.231. The Kier molecular flexibility index (Phi) is 5.21. The van der Waals surface area contributed by atoms with E-state index in [9.17, 15) is 5.11 Å². The maximum absolute atomic E-state index is 9.45. The largest absolute Gasteiger partial charge is 0.394 e. The summed E-state index contributed by atoms with van der Waals surface area (Å²) >= 11 is 11.1. The molecule has 1 unspecified atom stereocenters. The van der Waals surface area contributed by atoms with Crippen LogP contribution in [0, 0.1) is 0 Å². The van der Waals surface area contributed by atoms with Gasteiger partial charge in [-0.15, -0.1) is 11.3 Å². The SMILES string of the molecule is OCC(NCc1cccs1)c1ccc(Br)c(Cl)c1. The molecule has 0 aliphatic carbocycles. The molecule has 1 heterocycles. The van der Waals surface area contributed by atoms with Gasteiger partial charge in [0.2, 0.25) is 0 Å². The molecule has 2 aromatic rings. The second-order valence-electron chi connectivity index (χ2n) is 3.87. The lowest BCUT2D eigenvalue weighted by atomic mass is 10.1. The Hall–Kier alpha value is -0.390. The van der Waals surface area contributed by atoms with Crippen LogP contribution < -0.4 is 5.32 Å². The maximum Gasteiger partial charge on any atom is 0.0626 e. The number of benzene rings is 1. The fourth-order valence-corrected chi connectivity index (χ4v) is 2.75. The van der Waals surface area contributed by atoms with Crippen molar-refractivity contribution in [2.45, 2.75) is 12.6 Å². The van der Waals surface area contributed by atoms with Gasteiger partial charge in [-0.1, -0.05) is 23.7 Å². The number of halogens is 2. The molecule has 0 amide bonds. The molecule has 18 heavy (non-hydrogen) atoms. The van der Waals surface area contributed by atoms with Crippen LogP contribution in [0.2, 0.25) is 5.02 Å². The monoisotopic (exact) mass is 345 g/mol. The van der Waals surface area contributed by atoms with Crippen LogP contribution >= 0.6 is 38.9 Å². The Morgan fingerprint density at radius 1 is 1.39 bits per heavy atom. The van der Waals surface area contributed by atoms with Gasteiger partial charge in [0.1, 0.15) is 0 Å². The zero-order valence-electron chi connectivity index (χ0n) is 9.57. The van der Waals surface area contributed by atoms with Crippen LogP contribution in [0.3, 0.4) is 0 Å². The molecule has 5 heteroatoms. The molecule has 0 aliphatic heterocycles. The highest BCUT2D eigenvalue weighted by Crippen LogP contribution is 2.26. The molecular weight excluding hydrogens is 334 g/mol. The van der Waals surface area contributed by atoms with Crippen molar-refractivity contribution in [3.05, 3.63) is 55.6 Å². The van der Waals surface area contributed by atoms with Gasteiger partial charge in [-0.25, -0.2) is 0 Å². The molecule has 1 aromatic carbocycles. The van der Waals surface area contributed by atoms with Gasteiger partial charge in [0.15, 0.2) is 0 Å². The van der Waals surface area contributed by atoms with Gasteiger partial charge in [-0.3, -0.25) is 0 Å². The first-order valence-electron chi connectivity index (χ1n) is 5.52. The first kappa shape index (κ1) is 14.0. The molecule has 2 N–H and O–H groups in total. The van der Waals surface area contributed by atoms with Crippen LogP contribution in [-0.2, 0) is 6.54 Å². The molecule has 0 saturated heterocycles. The van der Waals surface area contributed by atoms with Gasteiger partial charge in [-0.05, 0) is 45.1 Å². The lowest BCUT2D eigenvalue weighted by molar-refractivity contribution is 0.244. The zero-order valence-corrected chi connectivity index (χ0v) is 12.7. The molecule has 0 radical (unpaired) electrons. The van der Waals surface area contributed by atoms with Crippen molar-refractivity contribution in [3.8, 4) is 0 Å². The van der Waals surface area contributed by atoms with Crippen molar-refractivity contribution in [1.82, 2.24) is 5.32 Å². The summed E-state index contributed by atoms with van der Waals surface area (Å²) in [6, 6.07) is 9.71. The quantitative estimate of drug-likeness (QED) is 0.858. The first-order chi connectivity index (χ1) is 8.70. The van der Waals surface area contributed by atoms with Gasteiger partial charge >= 0.3 is 0 Å². The third-order valence-corrected chi connectivity index (χ3v) is 4.74. The van der Waals surface area contributed by atoms with Crippen molar-refractivity contribution in [3.63, 3.8) is 0 Å². The number of aliphatic hydroxyl groups is 1. The number of aliphatic hydroxyl groups excluding tert-OH is 1. The second-order valence-corrected chi connectivity index (χ2v) is 6.16. The van der Waals surface area contributed by atoms with Crippen LogP contribution in [0.5, 0.6) is 0 Å². The van der Waals surface area contributed by atoms with Crippen LogP contribution in [0.1, 0.15) is 16.5 Å². The number of thiophene rings is 1. The third kappa shape index (κ3) is 3.56. The Morgan fingerprint density at radius 2 is 2.22 bits per heavy atom.